The van der Waals surface area contributed by atoms with Crippen molar-refractivity contribution in [3.63, 3.8) is 0 Å². The van der Waals surface area contributed by atoms with E-state index in [1.165, 1.54) is 38.9 Å². The van der Waals surface area contributed by atoms with E-state index >= 15 is 0 Å². The highest BCUT2D eigenvalue weighted by molar-refractivity contribution is 6.06. The molecule has 236 valence electrons. The minimum atomic E-state index is 0.877. The summed E-state index contributed by atoms with van der Waals surface area (Å²) in [4.78, 5) is 2.29. The summed E-state index contributed by atoms with van der Waals surface area (Å²) in [5.41, 5.74) is 14.6. The summed E-state index contributed by atoms with van der Waals surface area (Å²) in [5.74, 6) is 0. The minimum Gasteiger partial charge on any atom is -0.456 e. The van der Waals surface area contributed by atoms with Gasteiger partial charge in [0.2, 0.25) is 0 Å². The number of benzene rings is 8. The van der Waals surface area contributed by atoms with E-state index in [0.29, 0.717) is 0 Å². The zero-order chi connectivity index (χ0) is 33.3. The van der Waals surface area contributed by atoms with E-state index in [4.69, 9.17) is 4.42 Å². The molecule has 0 radical (unpaired) electrons. The number of hydrogen-bond acceptors (Lipinski definition) is 2. The molecule has 0 aliphatic heterocycles. The van der Waals surface area contributed by atoms with Gasteiger partial charge in [0.1, 0.15) is 11.2 Å². The zero-order valence-electron chi connectivity index (χ0n) is 27.4. The lowest BCUT2D eigenvalue weighted by Crippen LogP contribution is -2.09. The first kappa shape index (κ1) is 29.5. The maximum atomic E-state index is 6.29. The molecule has 0 aliphatic carbocycles. The molecule has 50 heavy (non-hydrogen) atoms. The Hall–Kier alpha value is -6.64. The van der Waals surface area contributed by atoms with Crippen LogP contribution in [0.1, 0.15) is 0 Å². The fourth-order valence-corrected chi connectivity index (χ4v) is 7.18. The van der Waals surface area contributed by atoms with Gasteiger partial charge in [0.15, 0.2) is 0 Å². The van der Waals surface area contributed by atoms with E-state index in [1.807, 2.05) is 12.1 Å². The summed E-state index contributed by atoms with van der Waals surface area (Å²) in [7, 11) is 0. The summed E-state index contributed by atoms with van der Waals surface area (Å²) in [5, 5.41) is 2.25. The summed E-state index contributed by atoms with van der Waals surface area (Å²) in [6.45, 7) is 0. The van der Waals surface area contributed by atoms with Gasteiger partial charge < -0.3 is 9.32 Å². The molecule has 0 unspecified atom stereocenters. The van der Waals surface area contributed by atoms with Gasteiger partial charge in [-0.25, -0.2) is 0 Å². The molecule has 0 atom stereocenters. The number of para-hydroxylation sites is 2. The van der Waals surface area contributed by atoms with E-state index in [0.717, 1.165) is 44.6 Å². The third kappa shape index (κ3) is 5.34. The molecular formula is C48H33NO. The normalized spacial score (nSPS) is 11.2. The summed E-state index contributed by atoms with van der Waals surface area (Å²) >= 11 is 0. The molecule has 0 saturated carbocycles. The van der Waals surface area contributed by atoms with Crippen LogP contribution in [0.4, 0.5) is 17.1 Å². The van der Waals surface area contributed by atoms with Crippen molar-refractivity contribution >= 4 is 39.0 Å². The predicted molar refractivity (Wildman–Crippen MR) is 210 cm³/mol. The quantitative estimate of drug-likeness (QED) is 0.173. The Balaban J connectivity index is 1.13. The van der Waals surface area contributed by atoms with Crippen LogP contribution in [0.5, 0.6) is 0 Å². The third-order valence-corrected chi connectivity index (χ3v) is 9.52. The van der Waals surface area contributed by atoms with Crippen LogP contribution in [0.15, 0.2) is 205 Å². The average Bonchev–Trinajstić information content (AvgIpc) is 3.57. The lowest BCUT2D eigenvalue weighted by molar-refractivity contribution is 0.669. The highest BCUT2D eigenvalue weighted by Gasteiger charge is 2.18. The lowest BCUT2D eigenvalue weighted by atomic mass is 9.87. The average molecular weight is 640 g/mol. The number of hydrogen-bond donors (Lipinski definition) is 0. The second kappa shape index (κ2) is 12.8. The molecule has 9 rings (SSSR count). The topological polar surface area (TPSA) is 16.4 Å². The van der Waals surface area contributed by atoms with Gasteiger partial charge in [-0.3, -0.25) is 0 Å². The highest BCUT2D eigenvalue weighted by Crippen LogP contribution is 2.43. The second-order valence-electron chi connectivity index (χ2n) is 12.5. The van der Waals surface area contributed by atoms with Gasteiger partial charge in [-0.15, -0.1) is 0 Å². The van der Waals surface area contributed by atoms with Gasteiger partial charge in [-0.1, -0.05) is 152 Å². The first-order valence-corrected chi connectivity index (χ1v) is 17.0. The van der Waals surface area contributed by atoms with E-state index in [2.05, 4.69) is 193 Å². The van der Waals surface area contributed by atoms with Crippen LogP contribution in [-0.2, 0) is 0 Å². The monoisotopic (exact) mass is 639 g/mol. The van der Waals surface area contributed by atoms with Gasteiger partial charge in [-0.2, -0.15) is 0 Å². The van der Waals surface area contributed by atoms with E-state index in [1.54, 1.807) is 0 Å². The molecular weight excluding hydrogens is 607 g/mol. The third-order valence-electron chi connectivity index (χ3n) is 9.52. The van der Waals surface area contributed by atoms with E-state index in [9.17, 15) is 0 Å². The van der Waals surface area contributed by atoms with Gasteiger partial charge in [0.25, 0.3) is 0 Å². The van der Waals surface area contributed by atoms with Crippen molar-refractivity contribution in [2.75, 3.05) is 4.90 Å². The Morgan fingerprint density at radius 1 is 0.280 bits per heavy atom. The van der Waals surface area contributed by atoms with Crippen molar-refractivity contribution in [2.24, 2.45) is 0 Å². The van der Waals surface area contributed by atoms with Crippen molar-refractivity contribution in [3.05, 3.63) is 200 Å². The Kier molecular flexibility index (Phi) is 7.53. The van der Waals surface area contributed by atoms with Crippen LogP contribution >= 0.6 is 0 Å². The van der Waals surface area contributed by atoms with Crippen molar-refractivity contribution < 1.29 is 4.42 Å². The lowest BCUT2D eigenvalue weighted by Gasteiger charge is -2.25. The minimum absolute atomic E-state index is 0.877. The first-order chi connectivity index (χ1) is 24.8. The van der Waals surface area contributed by atoms with Crippen molar-refractivity contribution in [3.8, 4) is 44.5 Å². The summed E-state index contributed by atoms with van der Waals surface area (Å²) < 4.78 is 6.29. The first-order valence-electron chi connectivity index (χ1n) is 17.0. The molecule has 0 bridgehead atoms. The Morgan fingerprint density at radius 3 is 1.32 bits per heavy atom. The SMILES string of the molecule is c1ccc(-c2ccccc2-c2ccccc2-c2ccccc2-c2ccc(N(c3ccccc3)c3ccc4c(c3)oc3ccccc34)cc2)cc1. The van der Waals surface area contributed by atoms with E-state index in [-0.39, 0.29) is 0 Å². The molecule has 1 heterocycles. The number of rotatable bonds is 7. The molecule has 0 spiro atoms. The summed E-state index contributed by atoms with van der Waals surface area (Å²) in [6, 6.07) is 71.0. The Morgan fingerprint density at radius 2 is 0.700 bits per heavy atom. The van der Waals surface area contributed by atoms with Crippen molar-refractivity contribution in [1.29, 1.82) is 0 Å². The standard InChI is InChI=1S/C48H33NO/c1-3-15-34(16-4-1)39-19-7-9-21-41(39)43-23-11-12-24-44(43)42-22-10-8-20-40(42)35-27-29-37(30-28-35)49(36-17-5-2-6-18-36)38-31-32-46-45-25-13-14-26-47(45)50-48(46)33-38/h1-33H. The fourth-order valence-electron chi connectivity index (χ4n) is 7.18. The maximum Gasteiger partial charge on any atom is 0.137 e. The van der Waals surface area contributed by atoms with Crippen LogP contribution < -0.4 is 4.90 Å². The molecule has 0 aliphatic rings. The highest BCUT2D eigenvalue weighted by atomic mass is 16.3. The van der Waals surface area contributed by atoms with Gasteiger partial charge in [0.05, 0.1) is 0 Å². The number of furan rings is 1. The maximum absolute atomic E-state index is 6.29. The largest absolute Gasteiger partial charge is 0.456 e. The molecule has 0 N–H and O–H groups in total. The Bertz CT molecular complexity index is 2580. The molecule has 0 fully saturated rings. The molecule has 8 aromatic carbocycles. The van der Waals surface area contributed by atoms with Gasteiger partial charge in [-0.05, 0) is 87.0 Å². The zero-order valence-corrected chi connectivity index (χ0v) is 27.4. The second-order valence-corrected chi connectivity index (χ2v) is 12.5. The molecule has 0 amide bonds. The molecule has 2 nitrogen and oxygen atoms in total. The van der Waals surface area contributed by atoms with Gasteiger partial charge >= 0.3 is 0 Å². The molecule has 9 aromatic rings. The summed E-state index contributed by atoms with van der Waals surface area (Å²) in [6.07, 6.45) is 0. The van der Waals surface area contributed by atoms with Crippen LogP contribution in [0.3, 0.4) is 0 Å². The number of anilines is 3. The molecule has 1 aromatic heterocycles. The van der Waals surface area contributed by atoms with E-state index < -0.39 is 0 Å². The van der Waals surface area contributed by atoms with Crippen molar-refractivity contribution in [2.45, 2.75) is 0 Å². The molecule has 2 heteroatoms. The predicted octanol–water partition coefficient (Wildman–Crippen LogP) is 13.7. The molecule has 0 saturated heterocycles. The Labute approximate surface area is 292 Å². The number of fused-ring (bicyclic) bond motifs is 3. The smallest absolute Gasteiger partial charge is 0.137 e. The van der Waals surface area contributed by atoms with Crippen LogP contribution in [0.25, 0.3) is 66.4 Å². The number of nitrogens with zero attached hydrogens (tertiary/aromatic N) is 1. The van der Waals surface area contributed by atoms with Crippen LogP contribution in [0.2, 0.25) is 0 Å². The van der Waals surface area contributed by atoms with Crippen LogP contribution in [0, 0.1) is 0 Å². The van der Waals surface area contributed by atoms with Gasteiger partial charge in [0, 0.05) is 33.9 Å². The van der Waals surface area contributed by atoms with Crippen LogP contribution in [-0.4, -0.2) is 0 Å². The van der Waals surface area contributed by atoms with Crippen molar-refractivity contribution in [1.82, 2.24) is 0 Å². The fraction of sp³-hybridized carbons (Fsp3) is 0.